The van der Waals surface area contributed by atoms with Crippen LogP contribution in [0, 0.1) is 5.92 Å². The van der Waals surface area contributed by atoms with Crippen molar-refractivity contribution < 1.29 is 3.96 Å². The lowest BCUT2D eigenvalue weighted by Gasteiger charge is -2.36. The molecule has 0 saturated heterocycles. The summed E-state index contributed by atoms with van der Waals surface area (Å²) < 4.78 is 3.56. The number of aromatic nitrogens is 3. The summed E-state index contributed by atoms with van der Waals surface area (Å²) in [7, 11) is 0. The van der Waals surface area contributed by atoms with E-state index in [2.05, 4.69) is 58.8 Å². The van der Waals surface area contributed by atoms with Gasteiger partial charge >= 0.3 is 6.35 Å². The van der Waals surface area contributed by atoms with E-state index in [1.54, 1.807) is 0 Å². The van der Waals surface area contributed by atoms with E-state index in [1.165, 1.54) is 48.9 Å². The number of hydrogen-bond acceptors (Lipinski definition) is 3. The van der Waals surface area contributed by atoms with E-state index in [1.807, 2.05) is 36.8 Å². The highest BCUT2D eigenvalue weighted by Crippen LogP contribution is 2.51. The summed E-state index contributed by atoms with van der Waals surface area (Å²) in [5, 5.41) is 0. The number of furan rings is 1. The molecule has 1 aliphatic heterocycles. The Morgan fingerprint density at radius 3 is 1.94 bits per heavy atom. The number of allylic oxidation sites excluding steroid dienone is 1. The molecule has 4 aromatic heterocycles. The van der Waals surface area contributed by atoms with Gasteiger partial charge in [-0.25, -0.2) is 0 Å². The molecule has 0 aromatic carbocycles. The van der Waals surface area contributed by atoms with E-state index >= 15 is 0 Å². The monoisotopic (exact) mass is 419 g/mol. The first-order chi connectivity index (χ1) is 15.9. The zero-order chi connectivity index (χ0) is 21.4. The molecular formula is C27H26BN3O. The van der Waals surface area contributed by atoms with Gasteiger partial charge in [0.25, 0.3) is 0 Å². The van der Waals surface area contributed by atoms with Gasteiger partial charge < -0.3 is 3.96 Å². The van der Waals surface area contributed by atoms with Crippen molar-refractivity contribution in [3.63, 3.8) is 0 Å². The van der Waals surface area contributed by atoms with Gasteiger partial charge in [0.1, 0.15) is 0 Å². The Bertz CT molecular complexity index is 1210. The molecular weight excluding hydrogens is 393 g/mol. The van der Waals surface area contributed by atoms with Crippen LogP contribution in [-0.2, 0) is 0 Å². The van der Waals surface area contributed by atoms with Crippen molar-refractivity contribution in [2.24, 2.45) is 5.92 Å². The molecule has 2 aliphatic rings. The molecule has 32 heavy (non-hydrogen) atoms. The minimum absolute atomic E-state index is 0.512. The van der Waals surface area contributed by atoms with Gasteiger partial charge in [-0.05, 0) is 54.2 Å². The third kappa shape index (κ3) is 2.81. The van der Waals surface area contributed by atoms with E-state index in [0.29, 0.717) is 5.92 Å². The average Bonchev–Trinajstić information content (AvgIpc) is 3.46. The molecule has 0 amide bonds. The number of fused-ring (bicyclic) bond motifs is 1. The fourth-order valence-corrected chi connectivity index (χ4v) is 5.99. The van der Waals surface area contributed by atoms with Crippen LogP contribution in [0.2, 0.25) is 0 Å². The molecule has 0 unspecified atom stereocenters. The van der Waals surface area contributed by atoms with Gasteiger partial charge in [-0.2, -0.15) is 0 Å². The second-order valence-corrected chi connectivity index (χ2v) is 8.90. The molecule has 5 heterocycles. The molecule has 158 valence electrons. The molecule has 0 spiro atoms. The van der Waals surface area contributed by atoms with Crippen LogP contribution in [0.5, 0.6) is 0 Å². The highest BCUT2D eigenvalue weighted by molar-refractivity contribution is 7.12. The van der Waals surface area contributed by atoms with Crippen LogP contribution in [0.1, 0.15) is 43.6 Å². The Balaban J connectivity index is 1.75. The number of nitrogens with zero attached hydrogens (tertiary/aromatic N) is 3. The van der Waals surface area contributed by atoms with Crippen LogP contribution >= 0.6 is 0 Å². The molecule has 0 radical (unpaired) electrons. The minimum Gasteiger partial charge on any atom is -0.775 e. The second-order valence-electron chi connectivity index (χ2n) is 8.90. The fraction of sp³-hybridized carbons (Fsp3) is 0.222. The summed E-state index contributed by atoms with van der Waals surface area (Å²) in [6.45, 7) is 0. The van der Waals surface area contributed by atoms with Crippen LogP contribution < -0.4 is 11.2 Å². The van der Waals surface area contributed by atoms with Gasteiger partial charge in [0.05, 0.1) is 0 Å². The molecule has 6 rings (SSSR count). The minimum atomic E-state index is -1.68. The van der Waals surface area contributed by atoms with Crippen molar-refractivity contribution >= 4 is 28.6 Å². The standard InChI is InChI=1S/C27H26BN3O/c1-2-11-21(12-3-1)26-23-14-10-20-32(23)28(24-15-5-8-18-30-24,25-16-6-9-19-31-25)27(26)22-13-4-7-17-29-22/h4-10,13-21H,1-3,11-12H2. The average molecular weight is 419 g/mol. The summed E-state index contributed by atoms with van der Waals surface area (Å²) in [5.74, 6) is 1.73. The van der Waals surface area contributed by atoms with Gasteiger partial charge in [0.15, 0.2) is 6.26 Å². The Kier molecular flexibility index (Phi) is 4.75. The lowest BCUT2D eigenvalue weighted by molar-refractivity contribution is 0.362. The van der Waals surface area contributed by atoms with Gasteiger partial charge in [-0.1, -0.05) is 55.1 Å². The first-order valence-corrected chi connectivity index (χ1v) is 11.7. The van der Waals surface area contributed by atoms with Crippen LogP contribution in [0.4, 0.5) is 0 Å². The highest BCUT2D eigenvalue weighted by Gasteiger charge is 2.56. The largest absolute Gasteiger partial charge is 0.775 e. The van der Waals surface area contributed by atoms with Crippen molar-refractivity contribution in [3.8, 4) is 0 Å². The number of hydrogen-bond donors (Lipinski definition) is 0. The zero-order valence-corrected chi connectivity index (χ0v) is 18.1. The van der Waals surface area contributed by atoms with Crippen LogP contribution in [0.15, 0.2) is 95.5 Å². The third-order valence-electron chi connectivity index (χ3n) is 7.23. The van der Waals surface area contributed by atoms with Crippen molar-refractivity contribution in [2.45, 2.75) is 32.1 Å². The second kappa shape index (κ2) is 7.90. The highest BCUT2D eigenvalue weighted by atomic mass is 16.5. The number of pyridine rings is 3. The zero-order valence-electron chi connectivity index (χ0n) is 18.1. The van der Waals surface area contributed by atoms with E-state index in [0.717, 1.165) is 16.9 Å². The molecule has 1 fully saturated rings. The molecule has 0 N–H and O–H groups in total. The lowest BCUT2D eigenvalue weighted by Crippen LogP contribution is -2.61. The van der Waals surface area contributed by atoms with E-state index < -0.39 is 6.35 Å². The van der Waals surface area contributed by atoms with Crippen molar-refractivity contribution in [1.82, 2.24) is 15.0 Å². The maximum Gasteiger partial charge on any atom is 0.456 e. The SMILES string of the molecule is c1ccc(C2=C(C3CCCCC3)c3ccc[o+]3[B-]2(c2ccccn2)c2ccccn2)nc1. The maximum absolute atomic E-state index is 4.93. The Labute approximate surface area is 188 Å². The summed E-state index contributed by atoms with van der Waals surface area (Å²) >= 11 is 0. The Morgan fingerprint density at radius 1 is 0.688 bits per heavy atom. The molecule has 4 nitrogen and oxygen atoms in total. The van der Waals surface area contributed by atoms with Crippen LogP contribution in [0.3, 0.4) is 0 Å². The summed E-state index contributed by atoms with van der Waals surface area (Å²) in [4.78, 5) is 14.7. The molecule has 0 bridgehead atoms. The van der Waals surface area contributed by atoms with Gasteiger partial charge in [-0.3, -0.25) is 15.0 Å². The first kappa shape index (κ1) is 19.2. The Morgan fingerprint density at radius 2 is 1.34 bits per heavy atom. The Hall–Kier alpha value is -3.47. The smallest absolute Gasteiger partial charge is 0.456 e. The van der Waals surface area contributed by atoms with Crippen LogP contribution in [-0.4, -0.2) is 21.3 Å². The molecule has 0 atom stereocenters. The van der Waals surface area contributed by atoms with E-state index in [4.69, 9.17) is 15.0 Å². The lowest BCUT2D eigenvalue weighted by atomic mass is 9.30. The van der Waals surface area contributed by atoms with Crippen LogP contribution in [0.25, 0.3) is 11.0 Å². The summed E-state index contributed by atoms with van der Waals surface area (Å²) in [5.41, 5.74) is 5.69. The predicted molar refractivity (Wildman–Crippen MR) is 130 cm³/mol. The molecule has 1 saturated carbocycles. The van der Waals surface area contributed by atoms with Gasteiger partial charge in [0.2, 0.25) is 5.76 Å². The van der Waals surface area contributed by atoms with Crippen molar-refractivity contribution in [1.29, 1.82) is 0 Å². The third-order valence-corrected chi connectivity index (χ3v) is 7.23. The molecule has 5 heteroatoms. The summed E-state index contributed by atoms with van der Waals surface area (Å²) in [6, 6.07) is 23.0. The van der Waals surface area contributed by atoms with Crippen molar-refractivity contribution in [3.05, 3.63) is 103 Å². The van der Waals surface area contributed by atoms with Gasteiger partial charge in [0, 0.05) is 42.0 Å². The summed E-state index contributed by atoms with van der Waals surface area (Å²) in [6.07, 6.45) is 12.5. The van der Waals surface area contributed by atoms with E-state index in [9.17, 15) is 0 Å². The normalized spacial score (nSPS) is 18.0. The quantitative estimate of drug-likeness (QED) is 0.352. The number of rotatable bonds is 4. The van der Waals surface area contributed by atoms with E-state index in [-0.39, 0.29) is 0 Å². The molecule has 1 aliphatic carbocycles. The topological polar surface area (TPSA) is 41.4 Å². The molecule has 4 aromatic rings. The van der Waals surface area contributed by atoms with Crippen molar-refractivity contribution in [2.75, 3.05) is 0 Å². The maximum atomic E-state index is 4.93. The predicted octanol–water partition coefficient (Wildman–Crippen LogP) is 4.80. The fourth-order valence-electron chi connectivity index (χ4n) is 5.99. The van der Waals surface area contributed by atoms with Gasteiger partial charge in [-0.15, -0.1) is 0 Å². The first-order valence-electron chi connectivity index (χ1n) is 11.7.